The Morgan fingerprint density at radius 1 is 1.24 bits per heavy atom. The fourth-order valence-electron chi connectivity index (χ4n) is 6.53. The molecule has 2 fully saturated rings. The van der Waals surface area contributed by atoms with Crippen LogP contribution in [0.1, 0.15) is 67.0 Å². The number of aryl methyl sites for hydroxylation is 1. The second-order valence-corrected chi connectivity index (χ2v) is 11.8. The van der Waals surface area contributed by atoms with Crippen molar-refractivity contribution in [2.45, 2.75) is 51.5 Å². The number of fused-ring (bicyclic) bond motifs is 1. The summed E-state index contributed by atoms with van der Waals surface area (Å²) < 4.78 is 2.00. The molecule has 0 spiro atoms. The number of halogens is 1. The minimum absolute atomic E-state index is 0.194. The molecule has 1 amide bonds. The zero-order chi connectivity index (χ0) is 26.4. The third kappa shape index (κ3) is 4.50. The Hall–Kier alpha value is -3.23. The van der Waals surface area contributed by atoms with Gasteiger partial charge in [0.15, 0.2) is 0 Å². The van der Waals surface area contributed by atoms with Gasteiger partial charge in [0.05, 0.1) is 16.0 Å². The average molecular weight is 532 g/mol. The first-order valence-corrected chi connectivity index (χ1v) is 13.9. The molecule has 6 rings (SSSR count). The molecule has 4 aromatic rings. The molecule has 1 atom stereocenters. The van der Waals surface area contributed by atoms with E-state index in [1.807, 2.05) is 29.8 Å². The summed E-state index contributed by atoms with van der Waals surface area (Å²) in [7, 11) is 1.99. The van der Waals surface area contributed by atoms with Crippen LogP contribution in [0, 0.1) is 11.8 Å². The Labute approximate surface area is 227 Å². The number of carbonyl (C=O) groups excluding carboxylic acids is 1. The maximum absolute atomic E-state index is 13.5. The SMILES string of the molecule is CC1CC(c2cccc(NC(=O)c3cc(CN4CCC[C@H](C)C4)c4[nH]cc(Cl)c4n3)c2)(c2nncn2C)C1. The molecule has 1 saturated heterocycles. The summed E-state index contributed by atoms with van der Waals surface area (Å²) in [5.74, 6) is 1.99. The van der Waals surface area contributed by atoms with Crippen molar-refractivity contribution in [2.75, 3.05) is 18.4 Å². The number of benzene rings is 1. The number of nitrogens with zero attached hydrogens (tertiary/aromatic N) is 5. The number of anilines is 1. The third-order valence-electron chi connectivity index (χ3n) is 8.24. The van der Waals surface area contributed by atoms with Crippen LogP contribution in [-0.2, 0) is 19.0 Å². The summed E-state index contributed by atoms with van der Waals surface area (Å²) in [5.41, 5.74) is 4.63. The molecule has 0 radical (unpaired) electrons. The number of H-pyrrole nitrogens is 1. The van der Waals surface area contributed by atoms with Gasteiger partial charge in [-0.25, -0.2) is 4.98 Å². The standard InChI is InChI=1S/C29H34ClN7O/c1-18-6-5-9-37(15-18)16-20-10-24(34-26-23(30)14-31-25(20)26)27(38)33-22-8-4-7-21(11-22)29(12-19(2)13-29)28-35-32-17-36(28)3/h4,7-8,10-11,14,17-19,31H,5-6,9,12-13,15-16H2,1-3H3,(H,33,38)/t18-,19?,29?/m0/s1. The van der Waals surface area contributed by atoms with E-state index in [-0.39, 0.29) is 11.3 Å². The van der Waals surface area contributed by atoms with Crippen molar-refractivity contribution in [3.63, 3.8) is 0 Å². The summed E-state index contributed by atoms with van der Waals surface area (Å²) in [6.45, 7) is 7.43. The Balaban J connectivity index is 1.29. The highest BCUT2D eigenvalue weighted by molar-refractivity contribution is 6.35. The van der Waals surface area contributed by atoms with Gasteiger partial charge in [-0.2, -0.15) is 0 Å². The number of aromatic amines is 1. The number of nitrogens with one attached hydrogen (secondary N) is 2. The van der Waals surface area contributed by atoms with E-state index in [0.717, 1.165) is 60.6 Å². The molecule has 1 aliphatic carbocycles. The number of pyridine rings is 1. The Bertz CT molecular complexity index is 1490. The second kappa shape index (κ2) is 9.82. The number of amides is 1. The van der Waals surface area contributed by atoms with Crippen molar-refractivity contribution >= 4 is 34.2 Å². The van der Waals surface area contributed by atoms with Crippen LogP contribution in [0.5, 0.6) is 0 Å². The molecule has 1 saturated carbocycles. The molecule has 4 heterocycles. The largest absolute Gasteiger partial charge is 0.358 e. The monoisotopic (exact) mass is 531 g/mol. The van der Waals surface area contributed by atoms with Gasteiger partial charge in [0.25, 0.3) is 5.91 Å². The first kappa shape index (κ1) is 25.1. The van der Waals surface area contributed by atoms with Crippen molar-refractivity contribution in [2.24, 2.45) is 18.9 Å². The van der Waals surface area contributed by atoms with E-state index in [9.17, 15) is 4.79 Å². The number of carbonyl (C=O) groups is 1. The van der Waals surface area contributed by atoms with Gasteiger partial charge in [0, 0.05) is 32.0 Å². The molecule has 1 aliphatic heterocycles. The maximum atomic E-state index is 13.5. The number of aromatic nitrogens is 5. The first-order chi connectivity index (χ1) is 18.3. The van der Waals surface area contributed by atoms with E-state index in [2.05, 4.69) is 56.4 Å². The molecular weight excluding hydrogens is 498 g/mol. The van der Waals surface area contributed by atoms with Crippen LogP contribution < -0.4 is 5.32 Å². The topological polar surface area (TPSA) is 91.7 Å². The van der Waals surface area contributed by atoms with Crippen LogP contribution >= 0.6 is 11.6 Å². The van der Waals surface area contributed by atoms with Gasteiger partial charge >= 0.3 is 0 Å². The maximum Gasteiger partial charge on any atom is 0.274 e. The van der Waals surface area contributed by atoms with Gasteiger partial charge in [-0.3, -0.25) is 9.69 Å². The Morgan fingerprint density at radius 3 is 2.82 bits per heavy atom. The molecule has 2 aliphatic rings. The van der Waals surface area contributed by atoms with Gasteiger partial charge < -0.3 is 14.9 Å². The van der Waals surface area contributed by atoms with Gasteiger partial charge in [0.1, 0.15) is 23.4 Å². The number of likely N-dealkylation sites (tertiary alicyclic amines) is 1. The van der Waals surface area contributed by atoms with Crippen molar-refractivity contribution in [1.82, 2.24) is 29.6 Å². The molecule has 198 valence electrons. The fourth-order valence-corrected chi connectivity index (χ4v) is 6.72. The summed E-state index contributed by atoms with van der Waals surface area (Å²) >= 11 is 6.46. The van der Waals surface area contributed by atoms with Crippen LogP contribution in [0.3, 0.4) is 0 Å². The zero-order valence-corrected chi connectivity index (χ0v) is 22.9. The summed E-state index contributed by atoms with van der Waals surface area (Å²) in [4.78, 5) is 23.9. The number of rotatable bonds is 6. The van der Waals surface area contributed by atoms with Crippen LogP contribution in [0.2, 0.25) is 5.02 Å². The van der Waals surface area contributed by atoms with E-state index in [1.165, 1.54) is 12.8 Å². The van der Waals surface area contributed by atoms with Gasteiger partial charge in [-0.05, 0) is 73.4 Å². The smallest absolute Gasteiger partial charge is 0.274 e. The second-order valence-electron chi connectivity index (χ2n) is 11.4. The third-order valence-corrected chi connectivity index (χ3v) is 8.53. The molecule has 38 heavy (non-hydrogen) atoms. The predicted molar refractivity (Wildman–Crippen MR) is 149 cm³/mol. The molecule has 2 N–H and O–H groups in total. The van der Waals surface area contributed by atoms with Crippen LogP contribution in [0.4, 0.5) is 5.69 Å². The fraction of sp³-hybridized carbons (Fsp3) is 0.448. The van der Waals surface area contributed by atoms with Crippen LogP contribution in [0.15, 0.2) is 42.9 Å². The van der Waals surface area contributed by atoms with E-state index in [4.69, 9.17) is 11.6 Å². The Morgan fingerprint density at radius 2 is 2.08 bits per heavy atom. The first-order valence-electron chi connectivity index (χ1n) is 13.5. The average Bonchev–Trinajstić information content (AvgIpc) is 3.48. The van der Waals surface area contributed by atoms with Crippen molar-refractivity contribution in [3.8, 4) is 0 Å². The quantitative estimate of drug-likeness (QED) is 0.340. The minimum Gasteiger partial charge on any atom is -0.358 e. The number of hydrogen-bond donors (Lipinski definition) is 2. The summed E-state index contributed by atoms with van der Waals surface area (Å²) in [5, 5.41) is 12.2. The van der Waals surface area contributed by atoms with Gasteiger partial charge in [-0.1, -0.05) is 37.6 Å². The number of hydrogen-bond acceptors (Lipinski definition) is 5. The number of piperidine rings is 1. The lowest BCUT2D eigenvalue weighted by atomic mass is 9.58. The molecule has 3 aromatic heterocycles. The van der Waals surface area contributed by atoms with Crippen molar-refractivity contribution < 1.29 is 4.79 Å². The van der Waals surface area contributed by atoms with Crippen molar-refractivity contribution in [1.29, 1.82) is 0 Å². The van der Waals surface area contributed by atoms with Crippen LogP contribution in [-0.4, -0.2) is 48.6 Å². The molecule has 9 heteroatoms. The highest BCUT2D eigenvalue weighted by Crippen LogP contribution is 2.51. The summed E-state index contributed by atoms with van der Waals surface area (Å²) in [6.07, 6.45) is 7.96. The lowest BCUT2D eigenvalue weighted by Gasteiger charge is -2.46. The highest BCUT2D eigenvalue weighted by atomic mass is 35.5. The molecular formula is C29H34ClN7O. The van der Waals surface area contributed by atoms with Crippen molar-refractivity contribution in [3.05, 3.63) is 70.5 Å². The van der Waals surface area contributed by atoms with E-state index in [0.29, 0.717) is 28.1 Å². The zero-order valence-electron chi connectivity index (χ0n) is 22.2. The molecule has 0 unspecified atom stereocenters. The Kier molecular flexibility index (Phi) is 6.48. The van der Waals surface area contributed by atoms with E-state index < -0.39 is 0 Å². The predicted octanol–water partition coefficient (Wildman–Crippen LogP) is 5.55. The van der Waals surface area contributed by atoms with E-state index >= 15 is 0 Å². The molecule has 0 bridgehead atoms. The lowest BCUT2D eigenvalue weighted by Crippen LogP contribution is -2.43. The highest BCUT2D eigenvalue weighted by Gasteiger charge is 2.48. The van der Waals surface area contributed by atoms with Crippen LogP contribution in [0.25, 0.3) is 11.0 Å². The molecule has 1 aromatic carbocycles. The van der Waals surface area contributed by atoms with Gasteiger partial charge in [0.2, 0.25) is 0 Å². The van der Waals surface area contributed by atoms with E-state index in [1.54, 1.807) is 12.5 Å². The molecule has 8 nitrogen and oxygen atoms in total. The van der Waals surface area contributed by atoms with Gasteiger partial charge in [-0.15, -0.1) is 10.2 Å². The summed E-state index contributed by atoms with van der Waals surface area (Å²) in [6, 6.07) is 10.0. The normalized spacial score (nSPS) is 23.9. The minimum atomic E-state index is -0.246. The lowest BCUT2D eigenvalue weighted by molar-refractivity contribution is 0.102.